The van der Waals surface area contributed by atoms with Gasteiger partial charge in [-0.3, -0.25) is 9.59 Å². The molecule has 0 unspecified atom stereocenters. The summed E-state index contributed by atoms with van der Waals surface area (Å²) in [5.41, 5.74) is 2.32. The lowest BCUT2D eigenvalue weighted by atomic mass is 9.85. The number of carbonyl (C=O) groups is 1. The lowest BCUT2D eigenvalue weighted by molar-refractivity contribution is 0.0326. The van der Waals surface area contributed by atoms with Crippen molar-refractivity contribution in [3.8, 4) is 5.75 Å². The molecule has 1 aromatic heterocycles. The standard InChI is InChI=1S/C34H40BrN3O4/c35-25-13-14-31-27(19-25)29(20-34(42-31)16-6-7-17-34)36-21-30(39)28(18-23-8-2-1-3-9-23)37-33(41)24-12-15-32(40)38(22-24)26-10-4-5-11-26/h1-3,8-9,12-15,19,22,26,28-30,36,39H,4-7,10-11,16-18,20-21H2,(H,37,41)/t28-,29-,30+/m0/s1. The normalized spacial score (nSPS) is 21.0. The third-order valence-corrected chi connectivity index (χ3v) is 9.83. The SMILES string of the molecule is O=C(N[C@@H](Cc1ccccc1)[C@H](O)CN[C@H]1CC2(CCCC2)Oc2ccc(Br)cc21)c1ccc(=O)n(C2CCCC2)c1. The molecule has 0 saturated heterocycles. The van der Waals surface area contributed by atoms with Crippen molar-refractivity contribution in [3.05, 3.63) is 98.4 Å². The third-order valence-electron chi connectivity index (χ3n) is 9.34. The zero-order valence-electron chi connectivity index (χ0n) is 23.9. The number of halogens is 1. The van der Waals surface area contributed by atoms with E-state index in [1.54, 1.807) is 16.8 Å². The second-order valence-electron chi connectivity index (χ2n) is 12.3. The molecule has 1 aliphatic heterocycles. The van der Waals surface area contributed by atoms with Crippen molar-refractivity contribution in [1.82, 2.24) is 15.2 Å². The minimum atomic E-state index is -0.840. The molecule has 2 aliphatic carbocycles. The van der Waals surface area contributed by atoms with Gasteiger partial charge in [-0.2, -0.15) is 0 Å². The van der Waals surface area contributed by atoms with Gasteiger partial charge in [-0.1, -0.05) is 59.1 Å². The zero-order chi connectivity index (χ0) is 29.1. The Hall–Kier alpha value is -2.94. The Morgan fingerprint density at radius 1 is 1.05 bits per heavy atom. The molecule has 8 heteroatoms. The van der Waals surface area contributed by atoms with Crippen molar-refractivity contribution in [3.63, 3.8) is 0 Å². The number of aromatic nitrogens is 1. The van der Waals surface area contributed by atoms with Gasteiger partial charge >= 0.3 is 0 Å². The molecule has 2 saturated carbocycles. The van der Waals surface area contributed by atoms with Crippen LogP contribution in [-0.4, -0.2) is 39.9 Å². The minimum Gasteiger partial charge on any atom is -0.487 e. The van der Waals surface area contributed by atoms with Crippen LogP contribution in [0.15, 0.2) is 76.1 Å². The average molecular weight is 635 g/mol. The van der Waals surface area contributed by atoms with Gasteiger partial charge in [0, 0.05) is 47.3 Å². The minimum absolute atomic E-state index is 0.0297. The molecule has 1 spiro atoms. The summed E-state index contributed by atoms with van der Waals surface area (Å²) in [5, 5.41) is 18.3. The van der Waals surface area contributed by atoms with E-state index in [1.807, 2.05) is 42.5 Å². The number of hydrogen-bond acceptors (Lipinski definition) is 5. The van der Waals surface area contributed by atoms with Gasteiger partial charge in [0.2, 0.25) is 0 Å². The number of rotatable bonds is 9. The van der Waals surface area contributed by atoms with Crippen LogP contribution in [0.1, 0.15) is 91.4 Å². The lowest BCUT2D eigenvalue weighted by Crippen LogP contribution is -2.50. The van der Waals surface area contributed by atoms with E-state index in [0.29, 0.717) is 18.5 Å². The van der Waals surface area contributed by atoms with Crippen LogP contribution in [0.4, 0.5) is 0 Å². The van der Waals surface area contributed by atoms with Gasteiger partial charge in [0.1, 0.15) is 11.4 Å². The number of aliphatic hydroxyl groups is 1. The molecule has 6 rings (SSSR count). The Labute approximate surface area is 255 Å². The Morgan fingerprint density at radius 2 is 1.81 bits per heavy atom. The van der Waals surface area contributed by atoms with Crippen LogP contribution in [-0.2, 0) is 6.42 Å². The van der Waals surface area contributed by atoms with E-state index >= 15 is 0 Å². The van der Waals surface area contributed by atoms with E-state index in [4.69, 9.17) is 4.74 Å². The molecule has 222 valence electrons. The molecule has 3 N–H and O–H groups in total. The van der Waals surface area contributed by atoms with Crippen LogP contribution in [0.2, 0.25) is 0 Å². The summed E-state index contributed by atoms with van der Waals surface area (Å²) in [6.07, 6.45) is 10.7. The van der Waals surface area contributed by atoms with Crippen LogP contribution in [0.3, 0.4) is 0 Å². The lowest BCUT2D eigenvalue weighted by Gasteiger charge is -2.41. The molecule has 2 aromatic carbocycles. The first-order valence-electron chi connectivity index (χ1n) is 15.4. The number of aliphatic hydroxyl groups excluding tert-OH is 1. The number of ether oxygens (including phenoxy) is 1. The fraction of sp³-hybridized carbons (Fsp3) is 0.471. The van der Waals surface area contributed by atoms with E-state index in [2.05, 4.69) is 32.6 Å². The van der Waals surface area contributed by atoms with Crippen molar-refractivity contribution < 1.29 is 14.6 Å². The van der Waals surface area contributed by atoms with Crippen LogP contribution in [0, 0.1) is 0 Å². The maximum absolute atomic E-state index is 13.5. The Balaban J connectivity index is 1.20. The highest BCUT2D eigenvalue weighted by Crippen LogP contribution is 2.47. The van der Waals surface area contributed by atoms with Crippen molar-refractivity contribution in [2.75, 3.05) is 6.54 Å². The monoisotopic (exact) mass is 633 g/mol. The molecule has 7 nitrogen and oxygen atoms in total. The van der Waals surface area contributed by atoms with Crippen LogP contribution in [0.5, 0.6) is 5.75 Å². The summed E-state index contributed by atoms with van der Waals surface area (Å²) in [4.78, 5) is 26.1. The number of benzene rings is 2. The van der Waals surface area contributed by atoms with Crippen LogP contribution >= 0.6 is 15.9 Å². The summed E-state index contributed by atoms with van der Waals surface area (Å²) in [7, 11) is 0. The van der Waals surface area contributed by atoms with E-state index in [0.717, 1.165) is 66.3 Å². The Bertz CT molecular complexity index is 1450. The number of hydrogen-bond donors (Lipinski definition) is 3. The predicted molar refractivity (Wildman–Crippen MR) is 167 cm³/mol. The molecular formula is C34H40BrN3O4. The molecule has 0 radical (unpaired) electrons. The van der Waals surface area contributed by atoms with Gasteiger partial charge in [-0.25, -0.2) is 0 Å². The molecule has 3 aromatic rings. The summed E-state index contributed by atoms with van der Waals surface area (Å²) in [6, 6.07) is 18.8. The number of pyridine rings is 1. The summed E-state index contributed by atoms with van der Waals surface area (Å²) in [5.74, 6) is 0.622. The van der Waals surface area contributed by atoms with Crippen molar-refractivity contribution in [1.29, 1.82) is 0 Å². The van der Waals surface area contributed by atoms with Gasteiger partial charge in [-0.05, 0) is 74.8 Å². The van der Waals surface area contributed by atoms with E-state index in [1.165, 1.54) is 18.9 Å². The van der Waals surface area contributed by atoms with E-state index < -0.39 is 12.1 Å². The van der Waals surface area contributed by atoms with Gasteiger partial charge in [-0.15, -0.1) is 0 Å². The Kier molecular flexibility index (Phi) is 8.84. The first-order chi connectivity index (χ1) is 20.4. The molecule has 3 atom stereocenters. The summed E-state index contributed by atoms with van der Waals surface area (Å²) < 4.78 is 9.26. The average Bonchev–Trinajstić information content (AvgIpc) is 3.69. The zero-order valence-corrected chi connectivity index (χ0v) is 25.5. The van der Waals surface area contributed by atoms with Crippen molar-refractivity contribution in [2.24, 2.45) is 0 Å². The summed E-state index contributed by atoms with van der Waals surface area (Å²) >= 11 is 3.61. The fourth-order valence-electron chi connectivity index (χ4n) is 7.06. The van der Waals surface area contributed by atoms with Crippen molar-refractivity contribution >= 4 is 21.8 Å². The molecule has 3 aliphatic rings. The Morgan fingerprint density at radius 3 is 2.57 bits per heavy atom. The smallest absolute Gasteiger partial charge is 0.253 e. The van der Waals surface area contributed by atoms with Gasteiger partial charge in [0.25, 0.3) is 11.5 Å². The molecule has 0 bridgehead atoms. The van der Waals surface area contributed by atoms with Gasteiger partial charge in [0.05, 0.1) is 17.7 Å². The number of amides is 1. The highest BCUT2D eigenvalue weighted by atomic mass is 79.9. The van der Waals surface area contributed by atoms with Gasteiger partial charge in [0.15, 0.2) is 0 Å². The predicted octanol–water partition coefficient (Wildman–Crippen LogP) is 5.85. The molecular weight excluding hydrogens is 594 g/mol. The second kappa shape index (κ2) is 12.7. The number of fused-ring (bicyclic) bond motifs is 1. The quantitative estimate of drug-likeness (QED) is 0.275. The van der Waals surface area contributed by atoms with Gasteiger partial charge < -0.3 is 25.0 Å². The maximum Gasteiger partial charge on any atom is 0.253 e. The number of nitrogens with one attached hydrogen (secondary N) is 2. The fourth-order valence-corrected chi connectivity index (χ4v) is 7.44. The summed E-state index contributed by atoms with van der Waals surface area (Å²) in [6.45, 7) is 0.312. The highest BCUT2D eigenvalue weighted by molar-refractivity contribution is 9.10. The molecule has 2 fully saturated rings. The number of nitrogens with zero attached hydrogens (tertiary/aromatic N) is 1. The van der Waals surface area contributed by atoms with Crippen LogP contribution < -0.4 is 20.9 Å². The first-order valence-corrected chi connectivity index (χ1v) is 16.2. The topological polar surface area (TPSA) is 92.6 Å². The second-order valence-corrected chi connectivity index (χ2v) is 13.2. The number of carbonyl (C=O) groups excluding carboxylic acids is 1. The molecule has 42 heavy (non-hydrogen) atoms. The first kappa shape index (κ1) is 29.1. The van der Waals surface area contributed by atoms with E-state index in [9.17, 15) is 14.7 Å². The maximum atomic E-state index is 13.5. The molecule has 2 heterocycles. The third kappa shape index (κ3) is 6.51. The highest BCUT2D eigenvalue weighted by Gasteiger charge is 2.43. The van der Waals surface area contributed by atoms with E-state index in [-0.39, 0.29) is 29.2 Å². The van der Waals surface area contributed by atoms with Crippen LogP contribution in [0.25, 0.3) is 0 Å². The largest absolute Gasteiger partial charge is 0.487 e. The van der Waals surface area contributed by atoms with Crippen molar-refractivity contribution in [2.45, 2.75) is 94.0 Å². The molecule has 1 amide bonds.